The van der Waals surface area contributed by atoms with Crippen molar-refractivity contribution in [2.45, 2.75) is 13.3 Å². The summed E-state index contributed by atoms with van der Waals surface area (Å²) in [5.74, 6) is 0. The molecule has 0 aliphatic rings. The van der Waals surface area contributed by atoms with E-state index in [-0.39, 0.29) is 0 Å². The second-order valence-corrected chi connectivity index (χ2v) is 3.75. The molecule has 1 heteroatoms. The van der Waals surface area contributed by atoms with Gasteiger partial charge in [-0.2, -0.15) is 0 Å². The lowest BCUT2D eigenvalue weighted by molar-refractivity contribution is 0.112. The van der Waals surface area contributed by atoms with Gasteiger partial charge in [-0.15, -0.1) is 0 Å². The molecule has 2 aromatic rings. The molecule has 2 rings (SSSR count). The molecule has 0 fully saturated rings. The summed E-state index contributed by atoms with van der Waals surface area (Å²) in [6, 6.07) is 16.0. The van der Waals surface area contributed by atoms with Gasteiger partial charge < -0.3 is 0 Å². The SMILES string of the molecule is CCc1ccccc1-c1cccc(C=O)c1. The molecule has 0 amide bonds. The van der Waals surface area contributed by atoms with Crippen LogP contribution in [-0.4, -0.2) is 6.29 Å². The van der Waals surface area contributed by atoms with Gasteiger partial charge in [-0.25, -0.2) is 0 Å². The third kappa shape index (κ3) is 2.03. The zero-order chi connectivity index (χ0) is 11.4. The lowest BCUT2D eigenvalue weighted by atomic mass is 9.97. The molecule has 0 saturated heterocycles. The van der Waals surface area contributed by atoms with Gasteiger partial charge >= 0.3 is 0 Å². The number of aryl methyl sites for hydroxylation is 1. The first-order chi connectivity index (χ1) is 7.85. The highest BCUT2D eigenvalue weighted by Crippen LogP contribution is 2.24. The van der Waals surface area contributed by atoms with Gasteiger partial charge in [-0.1, -0.05) is 49.4 Å². The van der Waals surface area contributed by atoms with Crippen LogP contribution in [0.1, 0.15) is 22.8 Å². The van der Waals surface area contributed by atoms with E-state index < -0.39 is 0 Å². The molecule has 0 aromatic heterocycles. The largest absolute Gasteiger partial charge is 0.298 e. The molecule has 0 spiro atoms. The molecule has 0 aliphatic carbocycles. The second-order valence-electron chi connectivity index (χ2n) is 3.75. The van der Waals surface area contributed by atoms with Crippen molar-refractivity contribution in [2.24, 2.45) is 0 Å². The zero-order valence-corrected chi connectivity index (χ0v) is 9.31. The number of rotatable bonds is 3. The fourth-order valence-electron chi connectivity index (χ4n) is 1.89. The van der Waals surface area contributed by atoms with Crippen molar-refractivity contribution in [3.63, 3.8) is 0 Å². The number of hydrogen-bond acceptors (Lipinski definition) is 1. The Morgan fingerprint density at radius 2 is 1.88 bits per heavy atom. The summed E-state index contributed by atoms with van der Waals surface area (Å²) in [5, 5.41) is 0. The highest BCUT2D eigenvalue weighted by molar-refractivity contribution is 5.79. The minimum atomic E-state index is 0.725. The van der Waals surface area contributed by atoms with Crippen LogP contribution in [0.3, 0.4) is 0 Å². The van der Waals surface area contributed by atoms with E-state index in [1.54, 1.807) is 0 Å². The Morgan fingerprint density at radius 3 is 2.62 bits per heavy atom. The van der Waals surface area contributed by atoms with Crippen LogP contribution in [0.2, 0.25) is 0 Å². The zero-order valence-electron chi connectivity index (χ0n) is 9.31. The summed E-state index contributed by atoms with van der Waals surface area (Å²) < 4.78 is 0. The first-order valence-electron chi connectivity index (χ1n) is 5.48. The first kappa shape index (κ1) is 10.6. The van der Waals surface area contributed by atoms with Crippen LogP contribution in [0.15, 0.2) is 48.5 Å². The highest BCUT2D eigenvalue weighted by atomic mass is 16.1. The molecule has 16 heavy (non-hydrogen) atoms. The molecule has 0 radical (unpaired) electrons. The maximum Gasteiger partial charge on any atom is 0.150 e. The Hall–Kier alpha value is -1.89. The molecule has 0 N–H and O–H groups in total. The summed E-state index contributed by atoms with van der Waals surface area (Å²) in [4.78, 5) is 10.7. The molecule has 80 valence electrons. The van der Waals surface area contributed by atoms with Gasteiger partial charge in [-0.3, -0.25) is 4.79 Å². The quantitative estimate of drug-likeness (QED) is 0.705. The fraction of sp³-hybridized carbons (Fsp3) is 0.133. The van der Waals surface area contributed by atoms with E-state index in [4.69, 9.17) is 0 Å². The van der Waals surface area contributed by atoms with Gasteiger partial charge in [0.1, 0.15) is 6.29 Å². The Kier molecular flexibility index (Phi) is 3.16. The summed E-state index contributed by atoms with van der Waals surface area (Å²) in [7, 11) is 0. The van der Waals surface area contributed by atoms with Crippen LogP contribution in [-0.2, 0) is 6.42 Å². The average molecular weight is 210 g/mol. The van der Waals surface area contributed by atoms with Crippen LogP contribution < -0.4 is 0 Å². The Labute approximate surface area is 95.7 Å². The van der Waals surface area contributed by atoms with E-state index in [1.165, 1.54) is 11.1 Å². The van der Waals surface area contributed by atoms with E-state index in [2.05, 4.69) is 19.1 Å². The Morgan fingerprint density at radius 1 is 1.06 bits per heavy atom. The van der Waals surface area contributed by atoms with Crippen LogP contribution in [0.4, 0.5) is 0 Å². The second kappa shape index (κ2) is 4.75. The summed E-state index contributed by atoms with van der Waals surface area (Å²) in [5.41, 5.74) is 4.37. The molecule has 0 saturated carbocycles. The number of carbonyl (C=O) groups is 1. The van der Waals surface area contributed by atoms with E-state index >= 15 is 0 Å². The van der Waals surface area contributed by atoms with Crippen molar-refractivity contribution in [1.82, 2.24) is 0 Å². The fourth-order valence-corrected chi connectivity index (χ4v) is 1.89. The molecule has 0 atom stereocenters. The predicted octanol–water partition coefficient (Wildman–Crippen LogP) is 3.73. The molecular formula is C15H14O. The van der Waals surface area contributed by atoms with Crippen LogP contribution in [0.25, 0.3) is 11.1 Å². The third-order valence-electron chi connectivity index (χ3n) is 2.73. The number of hydrogen-bond donors (Lipinski definition) is 0. The molecule has 0 aliphatic heterocycles. The number of benzene rings is 2. The van der Waals surface area contributed by atoms with Crippen LogP contribution in [0.5, 0.6) is 0 Å². The predicted molar refractivity (Wildman–Crippen MR) is 66.6 cm³/mol. The van der Waals surface area contributed by atoms with Crippen molar-refractivity contribution < 1.29 is 4.79 Å². The normalized spacial score (nSPS) is 10.1. The average Bonchev–Trinajstić information content (AvgIpc) is 2.38. The van der Waals surface area contributed by atoms with Crippen molar-refractivity contribution in [2.75, 3.05) is 0 Å². The van der Waals surface area contributed by atoms with Gasteiger partial charge in [0.15, 0.2) is 0 Å². The van der Waals surface area contributed by atoms with Crippen molar-refractivity contribution in [3.8, 4) is 11.1 Å². The molecule has 2 aromatic carbocycles. The third-order valence-corrected chi connectivity index (χ3v) is 2.73. The molecular weight excluding hydrogens is 196 g/mol. The molecule has 0 heterocycles. The smallest absolute Gasteiger partial charge is 0.150 e. The highest BCUT2D eigenvalue weighted by Gasteiger charge is 2.03. The van der Waals surface area contributed by atoms with Gasteiger partial charge in [0, 0.05) is 5.56 Å². The lowest BCUT2D eigenvalue weighted by Crippen LogP contribution is -1.88. The Bertz CT molecular complexity index is 500. The van der Waals surface area contributed by atoms with Crippen LogP contribution in [0, 0.1) is 0 Å². The summed E-state index contributed by atoms with van der Waals surface area (Å²) in [6.45, 7) is 2.14. The molecule has 0 bridgehead atoms. The van der Waals surface area contributed by atoms with Gasteiger partial charge in [0.2, 0.25) is 0 Å². The van der Waals surface area contributed by atoms with E-state index in [1.807, 2.05) is 36.4 Å². The topological polar surface area (TPSA) is 17.1 Å². The minimum Gasteiger partial charge on any atom is -0.298 e. The van der Waals surface area contributed by atoms with Crippen molar-refractivity contribution >= 4 is 6.29 Å². The summed E-state index contributed by atoms with van der Waals surface area (Å²) in [6.07, 6.45) is 1.89. The Balaban J connectivity index is 2.53. The van der Waals surface area contributed by atoms with Gasteiger partial charge in [-0.05, 0) is 29.2 Å². The van der Waals surface area contributed by atoms with Crippen LogP contribution >= 0.6 is 0 Å². The van der Waals surface area contributed by atoms with Gasteiger partial charge in [0.05, 0.1) is 0 Å². The maximum atomic E-state index is 10.7. The summed E-state index contributed by atoms with van der Waals surface area (Å²) >= 11 is 0. The van der Waals surface area contributed by atoms with Crippen molar-refractivity contribution in [3.05, 3.63) is 59.7 Å². The number of carbonyl (C=O) groups excluding carboxylic acids is 1. The van der Waals surface area contributed by atoms with Crippen molar-refractivity contribution in [1.29, 1.82) is 0 Å². The van der Waals surface area contributed by atoms with E-state index in [0.29, 0.717) is 0 Å². The monoisotopic (exact) mass is 210 g/mol. The standard InChI is InChI=1S/C15H14O/c1-2-13-7-3-4-9-15(13)14-8-5-6-12(10-14)11-16/h3-11H,2H2,1H3. The maximum absolute atomic E-state index is 10.7. The van der Waals surface area contributed by atoms with E-state index in [9.17, 15) is 4.79 Å². The molecule has 1 nitrogen and oxygen atoms in total. The molecule has 0 unspecified atom stereocenters. The minimum absolute atomic E-state index is 0.725. The van der Waals surface area contributed by atoms with E-state index in [0.717, 1.165) is 23.8 Å². The lowest BCUT2D eigenvalue weighted by Gasteiger charge is -2.07. The number of aldehydes is 1. The first-order valence-corrected chi connectivity index (χ1v) is 5.48. The van der Waals surface area contributed by atoms with Gasteiger partial charge in [0.25, 0.3) is 0 Å².